The Bertz CT molecular complexity index is 813. The second kappa shape index (κ2) is 8.88. The lowest BCUT2D eigenvalue weighted by molar-refractivity contribution is 0.122. The maximum absolute atomic E-state index is 5.40. The van der Waals surface area contributed by atoms with Crippen LogP contribution in [0.4, 0.5) is 11.4 Å². The first-order valence-electron chi connectivity index (χ1n) is 9.06. The molecule has 1 heterocycles. The van der Waals surface area contributed by atoms with Gasteiger partial charge in [-0.25, -0.2) is 0 Å². The molecule has 1 aliphatic rings. The Kier molecular flexibility index (Phi) is 6.32. The predicted molar refractivity (Wildman–Crippen MR) is 117 cm³/mol. The summed E-state index contributed by atoms with van der Waals surface area (Å²) >= 11 is 5.37. The molecule has 0 aromatic heterocycles. The molecule has 2 aromatic rings. The summed E-state index contributed by atoms with van der Waals surface area (Å²) in [5.74, 6) is 0. The molecule has 0 bridgehead atoms. The molecule has 3 N–H and O–H groups in total. The van der Waals surface area contributed by atoms with E-state index in [1.807, 2.05) is 12.1 Å². The van der Waals surface area contributed by atoms with Crippen LogP contribution in [0.2, 0.25) is 0 Å². The number of hydrazine groups is 1. The summed E-state index contributed by atoms with van der Waals surface area (Å²) in [5, 5.41) is 3.70. The van der Waals surface area contributed by atoms with Gasteiger partial charge in [0.15, 0.2) is 5.11 Å². The zero-order valence-corrected chi connectivity index (χ0v) is 16.7. The van der Waals surface area contributed by atoms with Gasteiger partial charge < -0.3 is 15.0 Å². The predicted octanol–water partition coefficient (Wildman–Crippen LogP) is 3.60. The molecule has 0 spiro atoms. The van der Waals surface area contributed by atoms with Gasteiger partial charge in [-0.2, -0.15) is 0 Å². The van der Waals surface area contributed by atoms with Crippen molar-refractivity contribution in [3.05, 3.63) is 65.7 Å². The third-order valence-electron chi connectivity index (χ3n) is 4.77. The summed E-state index contributed by atoms with van der Waals surface area (Å²) in [5.41, 5.74) is 12.4. The Labute approximate surface area is 166 Å². The van der Waals surface area contributed by atoms with Gasteiger partial charge in [-0.1, -0.05) is 30.8 Å². The molecule has 1 fully saturated rings. The van der Waals surface area contributed by atoms with E-state index in [9.17, 15) is 0 Å². The number of hydrogen-bond acceptors (Lipinski definition) is 4. The lowest BCUT2D eigenvalue weighted by Gasteiger charge is -2.29. The number of morpholine rings is 1. The fraction of sp³-hybridized carbons (Fsp3) is 0.286. The summed E-state index contributed by atoms with van der Waals surface area (Å²) in [6.45, 7) is 11.7. The normalized spacial score (nSPS) is 13.8. The van der Waals surface area contributed by atoms with Crippen LogP contribution >= 0.6 is 12.2 Å². The average Bonchev–Trinajstić information content (AvgIpc) is 2.70. The van der Waals surface area contributed by atoms with Crippen molar-refractivity contribution in [3.63, 3.8) is 0 Å². The Balaban J connectivity index is 1.52. The molecular formula is C21H26N4OS. The highest BCUT2D eigenvalue weighted by atomic mass is 32.1. The minimum atomic E-state index is 0.495. The molecule has 6 heteroatoms. The molecule has 0 saturated carbocycles. The van der Waals surface area contributed by atoms with Crippen LogP contribution in [0.3, 0.4) is 0 Å². The zero-order valence-electron chi connectivity index (χ0n) is 15.8. The van der Waals surface area contributed by atoms with Crippen molar-refractivity contribution in [1.29, 1.82) is 0 Å². The fourth-order valence-electron chi connectivity index (χ4n) is 2.94. The number of benzene rings is 2. The molecule has 0 atom stereocenters. The summed E-state index contributed by atoms with van der Waals surface area (Å²) in [4.78, 5) is 2.32. The van der Waals surface area contributed by atoms with Crippen LogP contribution in [0.5, 0.6) is 0 Å². The molecular weight excluding hydrogens is 356 g/mol. The topological polar surface area (TPSA) is 48.6 Å². The molecule has 142 valence electrons. The van der Waals surface area contributed by atoms with E-state index in [4.69, 9.17) is 17.0 Å². The lowest BCUT2D eigenvalue weighted by atomic mass is 10.1. The monoisotopic (exact) mass is 382 g/mol. The van der Waals surface area contributed by atoms with Gasteiger partial charge in [0.05, 0.1) is 18.9 Å². The number of hydrogen-bond donors (Lipinski definition) is 3. The van der Waals surface area contributed by atoms with Gasteiger partial charge in [0.1, 0.15) is 0 Å². The minimum Gasteiger partial charge on any atom is -0.378 e. The van der Waals surface area contributed by atoms with Crippen molar-refractivity contribution in [3.8, 4) is 0 Å². The van der Waals surface area contributed by atoms with Gasteiger partial charge in [0, 0.05) is 24.5 Å². The number of thiocarbonyl (C=S) groups is 1. The van der Waals surface area contributed by atoms with Crippen molar-refractivity contribution in [1.82, 2.24) is 10.9 Å². The van der Waals surface area contributed by atoms with E-state index in [2.05, 4.69) is 71.8 Å². The van der Waals surface area contributed by atoms with Gasteiger partial charge in [0.25, 0.3) is 0 Å². The molecule has 5 nitrogen and oxygen atoms in total. The van der Waals surface area contributed by atoms with Crippen LogP contribution in [0.25, 0.3) is 5.70 Å². The van der Waals surface area contributed by atoms with Crippen molar-refractivity contribution < 1.29 is 4.74 Å². The summed E-state index contributed by atoms with van der Waals surface area (Å²) < 4.78 is 5.40. The van der Waals surface area contributed by atoms with E-state index in [-0.39, 0.29) is 0 Å². The second-order valence-corrected chi connectivity index (χ2v) is 6.98. The number of anilines is 2. The van der Waals surface area contributed by atoms with Gasteiger partial charge in [0.2, 0.25) is 0 Å². The number of nitrogens with one attached hydrogen (secondary N) is 3. The van der Waals surface area contributed by atoms with Gasteiger partial charge in [-0.3, -0.25) is 10.9 Å². The molecule has 2 aromatic carbocycles. The van der Waals surface area contributed by atoms with E-state index in [0.29, 0.717) is 5.11 Å². The highest BCUT2D eigenvalue weighted by molar-refractivity contribution is 7.80. The third kappa shape index (κ3) is 4.99. The SMILES string of the molecule is C=C(NNC(=S)Nc1cccc(C)c1C)c1ccc(N2CCOCC2)cc1. The summed E-state index contributed by atoms with van der Waals surface area (Å²) in [7, 11) is 0. The van der Waals surface area contributed by atoms with Crippen molar-refractivity contribution in [2.45, 2.75) is 13.8 Å². The Morgan fingerprint density at radius 3 is 2.44 bits per heavy atom. The number of ether oxygens (including phenoxy) is 1. The lowest BCUT2D eigenvalue weighted by Crippen LogP contribution is -2.39. The van der Waals surface area contributed by atoms with Crippen molar-refractivity contribution in [2.24, 2.45) is 0 Å². The smallest absolute Gasteiger partial charge is 0.189 e. The molecule has 0 aliphatic carbocycles. The van der Waals surface area contributed by atoms with Crippen LogP contribution in [0.15, 0.2) is 49.0 Å². The maximum Gasteiger partial charge on any atom is 0.189 e. The molecule has 0 radical (unpaired) electrons. The van der Waals surface area contributed by atoms with E-state index >= 15 is 0 Å². The fourth-order valence-corrected chi connectivity index (χ4v) is 3.10. The standard InChI is InChI=1S/C21H26N4OS/c1-15-5-4-6-20(16(15)2)22-21(27)24-23-17(3)18-7-9-19(10-8-18)25-11-13-26-14-12-25/h4-10,23H,3,11-14H2,1-2H3,(H2,22,24,27). The van der Waals surface area contributed by atoms with Gasteiger partial charge >= 0.3 is 0 Å². The summed E-state index contributed by atoms with van der Waals surface area (Å²) in [6, 6.07) is 14.4. The Morgan fingerprint density at radius 2 is 1.74 bits per heavy atom. The molecule has 1 saturated heterocycles. The molecule has 27 heavy (non-hydrogen) atoms. The highest BCUT2D eigenvalue weighted by Gasteiger charge is 2.11. The summed E-state index contributed by atoms with van der Waals surface area (Å²) in [6.07, 6.45) is 0. The van der Waals surface area contributed by atoms with Crippen LogP contribution in [-0.2, 0) is 4.74 Å². The van der Waals surface area contributed by atoms with E-state index in [0.717, 1.165) is 43.3 Å². The van der Waals surface area contributed by atoms with E-state index < -0.39 is 0 Å². The first kappa shape index (κ1) is 19.2. The average molecular weight is 383 g/mol. The van der Waals surface area contributed by atoms with Crippen LogP contribution in [-0.4, -0.2) is 31.4 Å². The number of nitrogens with zero attached hydrogens (tertiary/aromatic N) is 1. The minimum absolute atomic E-state index is 0.495. The van der Waals surface area contributed by atoms with Crippen molar-refractivity contribution >= 4 is 34.4 Å². The highest BCUT2D eigenvalue weighted by Crippen LogP contribution is 2.19. The number of rotatable bonds is 5. The maximum atomic E-state index is 5.40. The van der Waals surface area contributed by atoms with Crippen LogP contribution < -0.4 is 21.1 Å². The van der Waals surface area contributed by atoms with E-state index in [1.165, 1.54) is 16.8 Å². The zero-order chi connectivity index (χ0) is 19.2. The molecule has 0 unspecified atom stereocenters. The molecule has 3 rings (SSSR count). The van der Waals surface area contributed by atoms with Crippen LogP contribution in [0, 0.1) is 13.8 Å². The first-order chi connectivity index (χ1) is 13.0. The van der Waals surface area contributed by atoms with Gasteiger partial charge in [-0.15, -0.1) is 0 Å². The van der Waals surface area contributed by atoms with E-state index in [1.54, 1.807) is 0 Å². The quantitative estimate of drug-likeness (QED) is 0.543. The van der Waals surface area contributed by atoms with Crippen molar-refractivity contribution in [2.75, 3.05) is 36.5 Å². The number of aryl methyl sites for hydroxylation is 1. The largest absolute Gasteiger partial charge is 0.378 e. The molecule has 0 amide bonds. The molecule has 1 aliphatic heterocycles. The Hall–Kier alpha value is -2.57. The Morgan fingerprint density at radius 1 is 1.04 bits per heavy atom. The third-order valence-corrected chi connectivity index (χ3v) is 4.98. The van der Waals surface area contributed by atoms with Crippen LogP contribution in [0.1, 0.15) is 16.7 Å². The second-order valence-electron chi connectivity index (χ2n) is 6.58. The van der Waals surface area contributed by atoms with Gasteiger partial charge in [-0.05, 0) is 61.0 Å². The first-order valence-corrected chi connectivity index (χ1v) is 9.46.